The minimum absolute atomic E-state index is 0.120. The molecule has 17 heavy (non-hydrogen) atoms. The predicted octanol–water partition coefficient (Wildman–Crippen LogP) is 2.16. The summed E-state index contributed by atoms with van der Waals surface area (Å²) in [6, 6.07) is 3.96. The number of non-ortho nitro benzene ring substituents is 1. The molecule has 0 aliphatic heterocycles. The summed E-state index contributed by atoms with van der Waals surface area (Å²) in [7, 11) is 0. The van der Waals surface area contributed by atoms with E-state index in [1.165, 1.54) is 23.1 Å². The van der Waals surface area contributed by atoms with Crippen LogP contribution in [0.3, 0.4) is 0 Å². The molecule has 0 saturated carbocycles. The summed E-state index contributed by atoms with van der Waals surface area (Å²) in [5.41, 5.74) is 0.354. The summed E-state index contributed by atoms with van der Waals surface area (Å²) < 4.78 is 0. The highest BCUT2D eigenvalue weighted by Gasteiger charge is 2.15. The molecular formula is C10H11ClN2O4. The number of benzene rings is 1. The quantitative estimate of drug-likeness (QED) is 0.646. The Balaban J connectivity index is 3.04. The molecule has 0 amide bonds. The van der Waals surface area contributed by atoms with Crippen molar-refractivity contribution >= 4 is 28.9 Å². The molecule has 1 rings (SSSR count). The zero-order valence-corrected chi connectivity index (χ0v) is 9.85. The second kappa shape index (κ2) is 5.49. The number of hydrogen-bond acceptors (Lipinski definition) is 4. The Kier molecular flexibility index (Phi) is 4.28. The van der Waals surface area contributed by atoms with Gasteiger partial charge >= 0.3 is 5.97 Å². The van der Waals surface area contributed by atoms with Crippen LogP contribution >= 0.6 is 11.6 Å². The van der Waals surface area contributed by atoms with Crippen molar-refractivity contribution in [3.8, 4) is 0 Å². The fraction of sp³-hybridized carbons (Fsp3) is 0.300. The number of anilines is 1. The van der Waals surface area contributed by atoms with Crippen molar-refractivity contribution < 1.29 is 14.8 Å². The maximum Gasteiger partial charge on any atom is 0.323 e. The molecule has 0 spiro atoms. The van der Waals surface area contributed by atoms with Crippen molar-refractivity contribution in [2.75, 3.05) is 18.0 Å². The van der Waals surface area contributed by atoms with Crippen LogP contribution in [-0.2, 0) is 4.79 Å². The molecule has 0 fully saturated rings. The van der Waals surface area contributed by atoms with Crippen molar-refractivity contribution in [1.82, 2.24) is 0 Å². The zero-order chi connectivity index (χ0) is 13.0. The minimum atomic E-state index is -0.985. The van der Waals surface area contributed by atoms with Gasteiger partial charge in [0.25, 0.3) is 5.69 Å². The van der Waals surface area contributed by atoms with Crippen LogP contribution in [0.2, 0.25) is 5.02 Å². The van der Waals surface area contributed by atoms with E-state index >= 15 is 0 Å². The maximum atomic E-state index is 10.6. The predicted molar refractivity (Wildman–Crippen MR) is 63.6 cm³/mol. The Labute approximate surface area is 103 Å². The van der Waals surface area contributed by atoms with Crippen LogP contribution in [0.1, 0.15) is 6.92 Å². The lowest BCUT2D eigenvalue weighted by molar-refractivity contribution is -0.384. The standard InChI is InChI=1S/C10H11ClN2O4/c1-2-12(6-10(14)15)9-4-3-7(13(16)17)5-8(9)11/h3-5H,2,6H2,1H3,(H,14,15). The molecule has 0 unspecified atom stereocenters. The van der Waals surface area contributed by atoms with Crippen molar-refractivity contribution in [2.24, 2.45) is 0 Å². The molecule has 0 aliphatic rings. The van der Waals surface area contributed by atoms with E-state index in [-0.39, 0.29) is 17.3 Å². The normalized spacial score (nSPS) is 10.0. The van der Waals surface area contributed by atoms with Crippen molar-refractivity contribution in [3.63, 3.8) is 0 Å². The first-order chi connectivity index (χ1) is 7.95. The molecule has 0 atom stereocenters. The monoisotopic (exact) mass is 258 g/mol. The van der Waals surface area contributed by atoms with Gasteiger partial charge in [-0.25, -0.2) is 0 Å². The van der Waals surface area contributed by atoms with Crippen LogP contribution < -0.4 is 4.90 Å². The first kappa shape index (κ1) is 13.2. The van der Waals surface area contributed by atoms with E-state index in [9.17, 15) is 14.9 Å². The number of rotatable bonds is 5. The third-order valence-electron chi connectivity index (χ3n) is 2.19. The van der Waals surface area contributed by atoms with Gasteiger partial charge in [0.2, 0.25) is 0 Å². The fourth-order valence-electron chi connectivity index (χ4n) is 1.40. The maximum absolute atomic E-state index is 10.6. The molecule has 6 nitrogen and oxygen atoms in total. The SMILES string of the molecule is CCN(CC(=O)O)c1ccc([N+](=O)[O-])cc1Cl. The zero-order valence-electron chi connectivity index (χ0n) is 9.09. The number of hydrogen-bond donors (Lipinski definition) is 1. The van der Waals surface area contributed by atoms with Gasteiger partial charge in [0.15, 0.2) is 0 Å². The summed E-state index contributed by atoms with van der Waals surface area (Å²) in [6.07, 6.45) is 0. The molecule has 1 aromatic rings. The number of nitro benzene ring substituents is 1. The lowest BCUT2D eigenvalue weighted by atomic mass is 10.2. The van der Waals surface area contributed by atoms with Crippen LogP contribution in [0.25, 0.3) is 0 Å². The summed E-state index contributed by atoms with van der Waals surface area (Å²) >= 11 is 5.89. The van der Waals surface area contributed by atoms with Crippen LogP contribution in [0, 0.1) is 10.1 Å². The third kappa shape index (κ3) is 3.32. The van der Waals surface area contributed by atoms with E-state index in [2.05, 4.69) is 0 Å². The Morgan fingerprint density at radius 3 is 2.65 bits per heavy atom. The van der Waals surface area contributed by atoms with Crippen molar-refractivity contribution in [1.29, 1.82) is 0 Å². The summed E-state index contributed by atoms with van der Waals surface area (Å²) in [5.74, 6) is -0.985. The average molecular weight is 259 g/mol. The van der Waals surface area contributed by atoms with E-state index in [1.807, 2.05) is 0 Å². The Hall–Kier alpha value is -1.82. The van der Waals surface area contributed by atoms with Crippen molar-refractivity contribution in [3.05, 3.63) is 33.3 Å². The lowest BCUT2D eigenvalue weighted by Gasteiger charge is -2.21. The Morgan fingerprint density at radius 2 is 2.24 bits per heavy atom. The molecule has 0 bridgehead atoms. The van der Waals surface area contributed by atoms with Gasteiger partial charge in [-0.3, -0.25) is 14.9 Å². The molecule has 0 radical (unpaired) electrons. The van der Waals surface area contributed by atoms with E-state index in [1.54, 1.807) is 6.92 Å². The van der Waals surface area contributed by atoms with Gasteiger partial charge in [-0.1, -0.05) is 11.6 Å². The summed E-state index contributed by atoms with van der Waals surface area (Å²) in [5, 5.41) is 19.4. The lowest BCUT2D eigenvalue weighted by Crippen LogP contribution is -2.29. The molecule has 0 heterocycles. The van der Waals surface area contributed by atoms with Gasteiger partial charge in [0.1, 0.15) is 6.54 Å². The van der Waals surface area contributed by atoms with E-state index < -0.39 is 10.9 Å². The number of nitrogens with zero attached hydrogens (tertiary/aromatic N) is 2. The first-order valence-electron chi connectivity index (χ1n) is 4.86. The molecule has 1 N–H and O–H groups in total. The van der Waals surface area contributed by atoms with E-state index in [0.717, 1.165) is 0 Å². The fourth-order valence-corrected chi connectivity index (χ4v) is 1.69. The van der Waals surface area contributed by atoms with Gasteiger partial charge in [0.05, 0.1) is 15.6 Å². The number of carbonyl (C=O) groups is 1. The van der Waals surface area contributed by atoms with Crippen LogP contribution in [-0.4, -0.2) is 29.1 Å². The smallest absolute Gasteiger partial charge is 0.323 e. The molecule has 1 aromatic carbocycles. The molecular weight excluding hydrogens is 248 g/mol. The van der Waals surface area contributed by atoms with Gasteiger partial charge < -0.3 is 10.0 Å². The minimum Gasteiger partial charge on any atom is -0.480 e. The number of carboxylic acids is 1. The summed E-state index contributed by atoms with van der Waals surface area (Å²) in [6.45, 7) is 2.03. The van der Waals surface area contributed by atoms with E-state index in [4.69, 9.17) is 16.7 Å². The Morgan fingerprint density at radius 1 is 1.59 bits per heavy atom. The molecule has 0 aromatic heterocycles. The van der Waals surface area contributed by atoms with Gasteiger partial charge in [-0.05, 0) is 13.0 Å². The van der Waals surface area contributed by atoms with Crippen LogP contribution in [0.5, 0.6) is 0 Å². The molecule has 0 aliphatic carbocycles. The number of likely N-dealkylation sites (N-methyl/N-ethyl adjacent to an activating group) is 1. The Bertz CT molecular complexity index is 450. The second-order valence-electron chi connectivity index (χ2n) is 3.30. The van der Waals surface area contributed by atoms with Crippen LogP contribution in [0.4, 0.5) is 11.4 Å². The number of carboxylic acid groups (broad SMARTS) is 1. The highest BCUT2D eigenvalue weighted by molar-refractivity contribution is 6.33. The number of halogens is 1. The van der Waals surface area contributed by atoms with E-state index in [0.29, 0.717) is 12.2 Å². The second-order valence-corrected chi connectivity index (χ2v) is 3.71. The molecule has 92 valence electrons. The van der Waals surface area contributed by atoms with Gasteiger partial charge in [0, 0.05) is 18.7 Å². The topological polar surface area (TPSA) is 83.7 Å². The van der Waals surface area contributed by atoms with Gasteiger partial charge in [-0.2, -0.15) is 0 Å². The highest BCUT2D eigenvalue weighted by atomic mass is 35.5. The van der Waals surface area contributed by atoms with Crippen molar-refractivity contribution in [2.45, 2.75) is 6.92 Å². The molecule has 0 saturated heterocycles. The summed E-state index contributed by atoms with van der Waals surface area (Å²) in [4.78, 5) is 22.1. The van der Waals surface area contributed by atoms with Crippen LogP contribution in [0.15, 0.2) is 18.2 Å². The van der Waals surface area contributed by atoms with Gasteiger partial charge in [-0.15, -0.1) is 0 Å². The molecule has 7 heteroatoms. The highest BCUT2D eigenvalue weighted by Crippen LogP contribution is 2.29. The number of aliphatic carboxylic acids is 1. The third-order valence-corrected chi connectivity index (χ3v) is 2.49. The first-order valence-corrected chi connectivity index (χ1v) is 5.24. The average Bonchev–Trinajstić information content (AvgIpc) is 2.25. The largest absolute Gasteiger partial charge is 0.480 e. The number of nitro groups is 1.